The number of hydrogen-bond acceptors (Lipinski definition) is 2. The number of benzene rings is 1. The highest BCUT2D eigenvalue weighted by Gasteiger charge is 2.31. The molecule has 0 aliphatic rings. The second-order valence-corrected chi connectivity index (χ2v) is 4.96. The lowest BCUT2D eigenvalue weighted by Crippen LogP contribution is -2.09. The van der Waals surface area contributed by atoms with Crippen LogP contribution in [-0.4, -0.2) is 15.9 Å². The number of nitrogens with two attached hydrogens (primary N) is 1. The Morgan fingerprint density at radius 2 is 1.77 bits per heavy atom. The molecule has 22 heavy (non-hydrogen) atoms. The summed E-state index contributed by atoms with van der Waals surface area (Å²) in [7, 11) is 0. The van der Waals surface area contributed by atoms with Crippen molar-refractivity contribution in [1.29, 1.82) is 0 Å². The molecule has 1 aromatic carbocycles. The fraction of sp³-hybridized carbons (Fsp3) is 0.188. The van der Waals surface area contributed by atoms with Gasteiger partial charge in [-0.25, -0.2) is 4.98 Å². The summed E-state index contributed by atoms with van der Waals surface area (Å²) in [4.78, 5) is 4.46. The molecule has 114 valence electrons. The van der Waals surface area contributed by atoms with Crippen LogP contribution in [0.4, 0.5) is 13.2 Å². The molecule has 0 spiro atoms. The van der Waals surface area contributed by atoms with Crippen molar-refractivity contribution in [3.05, 3.63) is 59.9 Å². The Balaban J connectivity index is 2.24. The highest BCUT2D eigenvalue weighted by Crippen LogP contribution is 2.31. The number of pyridine rings is 1. The van der Waals surface area contributed by atoms with Gasteiger partial charge in [0.05, 0.1) is 17.0 Å². The Kier molecular flexibility index (Phi) is 3.62. The van der Waals surface area contributed by atoms with Crippen LogP contribution in [0.2, 0.25) is 0 Å². The lowest BCUT2D eigenvalue weighted by Gasteiger charge is -2.08. The van der Waals surface area contributed by atoms with E-state index >= 15 is 0 Å². The van der Waals surface area contributed by atoms with Gasteiger partial charge in [-0.2, -0.15) is 13.2 Å². The predicted octanol–water partition coefficient (Wildman–Crippen LogP) is 3.52. The van der Waals surface area contributed by atoms with Crippen molar-refractivity contribution in [2.45, 2.75) is 12.6 Å². The van der Waals surface area contributed by atoms with Crippen LogP contribution in [-0.2, 0) is 12.6 Å². The van der Waals surface area contributed by atoms with E-state index in [-0.39, 0.29) is 0 Å². The van der Waals surface area contributed by atoms with Crippen LogP contribution in [0.15, 0.2) is 48.7 Å². The zero-order chi connectivity index (χ0) is 15.7. The fourth-order valence-electron chi connectivity index (χ4n) is 2.46. The molecular weight excluding hydrogens is 291 g/mol. The van der Waals surface area contributed by atoms with Gasteiger partial charge in [0.15, 0.2) is 0 Å². The number of halogens is 3. The van der Waals surface area contributed by atoms with E-state index in [0.29, 0.717) is 30.0 Å². The van der Waals surface area contributed by atoms with Gasteiger partial charge in [-0.05, 0) is 18.7 Å². The first-order chi connectivity index (χ1) is 10.5. The number of imidazole rings is 1. The van der Waals surface area contributed by atoms with E-state index in [0.717, 1.165) is 17.8 Å². The molecule has 0 radical (unpaired) electrons. The lowest BCUT2D eigenvalue weighted by atomic mass is 10.1. The molecule has 0 saturated carbocycles. The second-order valence-electron chi connectivity index (χ2n) is 4.96. The molecule has 0 unspecified atom stereocenters. The fourth-order valence-corrected chi connectivity index (χ4v) is 2.46. The standard InChI is InChI=1S/C16H14F3N3/c17-16(18,19)12-6-7-14-21-15(11-4-2-1-3-5-11)13(8-9-20)22(14)10-12/h1-7,10H,8-9,20H2. The molecule has 0 amide bonds. The minimum absolute atomic E-state index is 0.337. The normalized spacial score (nSPS) is 12.0. The van der Waals surface area contributed by atoms with Crippen LogP contribution in [0.1, 0.15) is 11.3 Å². The quantitative estimate of drug-likeness (QED) is 0.804. The molecule has 3 nitrogen and oxygen atoms in total. The maximum atomic E-state index is 12.9. The summed E-state index contributed by atoms with van der Waals surface area (Å²) in [5, 5.41) is 0. The van der Waals surface area contributed by atoms with Gasteiger partial charge in [-0.1, -0.05) is 30.3 Å². The Labute approximate surface area is 125 Å². The average molecular weight is 305 g/mol. The molecule has 2 N–H and O–H groups in total. The van der Waals surface area contributed by atoms with E-state index in [4.69, 9.17) is 5.73 Å². The van der Waals surface area contributed by atoms with Crippen molar-refractivity contribution in [2.24, 2.45) is 5.73 Å². The number of rotatable bonds is 3. The zero-order valence-electron chi connectivity index (χ0n) is 11.6. The minimum Gasteiger partial charge on any atom is -0.330 e. The largest absolute Gasteiger partial charge is 0.417 e. The van der Waals surface area contributed by atoms with Crippen LogP contribution >= 0.6 is 0 Å². The van der Waals surface area contributed by atoms with Crippen LogP contribution in [0.3, 0.4) is 0 Å². The summed E-state index contributed by atoms with van der Waals surface area (Å²) in [6.45, 7) is 0.337. The first-order valence-corrected chi connectivity index (χ1v) is 6.84. The number of hydrogen-bond donors (Lipinski definition) is 1. The summed E-state index contributed by atoms with van der Waals surface area (Å²) >= 11 is 0. The highest BCUT2D eigenvalue weighted by molar-refractivity contribution is 5.66. The molecule has 6 heteroatoms. The average Bonchev–Trinajstić information content (AvgIpc) is 2.86. The Hall–Kier alpha value is -2.34. The summed E-state index contributed by atoms with van der Waals surface area (Å²) in [5.74, 6) is 0. The van der Waals surface area contributed by atoms with Crippen molar-refractivity contribution >= 4 is 5.65 Å². The van der Waals surface area contributed by atoms with Gasteiger partial charge in [-0.15, -0.1) is 0 Å². The first kappa shape index (κ1) is 14.6. The van der Waals surface area contributed by atoms with Crippen molar-refractivity contribution < 1.29 is 13.2 Å². The summed E-state index contributed by atoms with van der Waals surface area (Å²) in [6.07, 6.45) is -2.85. The van der Waals surface area contributed by atoms with Gasteiger partial charge in [0.1, 0.15) is 5.65 Å². The molecule has 0 bridgehead atoms. The summed E-state index contributed by atoms with van der Waals surface area (Å²) in [6, 6.07) is 11.8. The minimum atomic E-state index is -4.38. The summed E-state index contributed by atoms with van der Waals surface area (Å²) < 4.78 is 40.2. The van der Waals surface area contributed by atoms with Crippen molar-refractivity contribution in [3.8, 4) is 11.3 Å². The third-order valence-corrected chi connectivity index (χ3v) is 3.47. The maximum absolute atomic E-state index is 12.9. The second kappa shape index (κ2) is 5.46. The predicted molar refractivity (Wildman–Crippen MR) is 78.4 cm³/mol. The molecule has 0 aliphatic carbocycles. The van der Waals surface area contributed by atoms with Crippen molar-refractivity contribution in [2.75, 3.05) is 6.54 Å². The van der Waals surface area contributed by atoms with E-state index in [9.17, 15) is 13.2 Å². The third-order valence-electron chi connectivity index (χ3n) is 3.47. The monoisotopic (exact) mass is 305 g/mol. The smallest absolute Gasteiger partial charge is 0.330 e. The molecule has 3 aromatic rings. The third kappa shape index (κ3) is 2.57. The van der Waals surface area contributed by atoms with Gasteiger partial charge in [0, 0.05) is 18.2 Å². The van der Waals surface area contributed by atoms with Crippen LogP contribution in [0.25, 0.3) is 16.9 Å². The van der Waals surface area contributed by atoms with Crippen LogP contribution in [0, 0.1) is 0 Å². The van der Waals surface area contributed by atoms with E-state index < -0.39 is 11.7 Å². The van der Waals surface area contributed by atoms with Crippen molar-refractivity contribution in [1.82, 2.24) is 9.38 Å². The number of alkyl halides is 3. The Morgan fingerprint density at radius 3 is 2.41 bits per heavy atom. The lowest BCUT2D eigenvalue weighted by molar-refractivity contribution is -0.137. The Morgan fingerprint density at radius 1 is 1.05 bits per heavy atom. The van der Waals surface area contributed by atoms with Crippen LogP contribution < -0.4 is 5.73 Å². The molecule has 2 aromatic heterocycles. The summed E-state index contributed by atoms with van der Waals surface area (Å²) in [5.41, 5.74) is 7.63. The van der Waals surface area contributed by atoms with Crippen molar-refractivity contribution in [3.63, 3.8) is 0 Å². The first-order valence-electron chi connectivity index (χ1n) is 6.84. The van der Waals surface area contributed by atoms with Gasteiger partial charge in [-0.3, -0.25) is 0 Å². The number of nitrogens with zero attached hydrogens (tertiary/aromatic N) is 2. The van der Waals surface area contributed by atoms with E-state index in [1.807, 2.05) is 30.3 Å². The van der Waals surface area contributed by atoms with Gasteiger partial charge >= 0.3 is 6.18 Å². The van der Waals surface area contributed by atoms with Gasteiger partial charge in [0.25, 0.3) is 0 Å². The van der Waals surface area contributed by atoms with Gasteiger partial charge < -0.3 is 10.1 Å². The SMILES string of the molecule is NCCc1c(-c2ccccc2)nc2ccc(C(F)(F)F)cn12. The topological polar surface area (TPSA) is 43.3 Å². The molecule has 3 rings (SSSR count). The van der Waals surface area contributed by atoms with Gasteiger partial charge in [0.2, 0.25) is 0 Å². The molecular formula is C16H14F3N3. The molecule has 0 atom stereocenters. The number of fused-ring (bicyclic) bond motifs is 1. The van der Waals surface area contributed by atoms with Crippen LogP contribution in [0.5, 0.6) is 0 Å². The maximum Gasteiger partial charge on any atom is 0.417 e. The zero-order valence-corrected chi connectivity index (χ0v) is 11.6. The molecule has 2 heterocycles. The molecule has 0 aliphatic heterocycles. The Bertz CT molecular complexity index is 791. The highest BCUT2D eigenvalue weighted by atomic mass is 19.4. The molecule has 0 fully saturated rings. The molecule has 0 saturated heterocycles. The number of aromatic nitrogens is 2. The van der Waals surface area contributed by atoms with E-state index in [2.05, 4.69) is 4.98 Å². The van der Waals surface area contributed by atoms with E-state index in [1.54, 1.807) is 0 Å². The van der Waals surface area contributed by atoms with E-state index in [1.165, 1.54) is 10.5 Å².